The molecule has 2 N–H and O–H groups in total. The summed E-state index contributed by atoms with van der Waals surface area (Å²) >= 11 is 1.31. The van der Waals surface area contributed by atoms with Crippen molar-refractivity contribution in [2.45, 2.75) is 6.54 Å². The molecule has 1 amide bonds. The smallest absolute Gasteiger partial charge is 0.358 e. The van der Waals surface area contributed by atoms with Gasteiger partial charge >= 0.3 is 5.97 Å². The number of hydrogen-bond donors (Lipinski definition) is 2. The average Bonchev–Trinajstić information content (AvgIpc) is 3.32. The Hall–Kier alpha value is -3.97. The van der Waals surface area contributed by atoms with Crippen LogP contribution in [0.4, 0.5) is 10.8 Å². The molecule has 0 radical (unpaired) electrons. The minimum absolute atomic E-state index is 0.172. The quantitative estimate of drug-likeness (QED) is 0.365. The van der Waals surface area contributed by atoms with E-state index < -0.39 is 11.9 Å². The fourth-order valence-electron chi connectivity index (χ4n) is 3.00. The van der Waals surface area contributed by atoms with Crippen LogP contribution in [0, 0.1) is 0 Å². The van der Waals surface area contributed by atoms with E-state index in [0.717, 1.165) is 16.7 Å². The van der Waals surface area contributed by atoms with Gasteiger partial charge in [0.15, 0.2) is 17.4 Å². The topological polar surface area (TPSA) is 80.3 Å². The molecule has 32 heavy (non-hydrogen) atoms. The molecule has 7 heteroatoms. The van der Waals surface area contributed by atoms with E-state index in [2.05, 4.69) is 15.6 Å². The fourth-order valence-corrected chi connectivity index (χ4v) is 3.68. The molecule has 0 spiro atoms. The Bertz CT molecular complexity index is 1180. The van der Waals surface area contributed by atoms with Gasteiger partial charge in [0.25, 0.3) is 5.91 Å². The molecular weight excluding hydrogens is 422 g/mol. The summed E-state index contributed by atoms with van der Waals surface area (Å²) in [5, 5.41) is 8.12. The van der Waals surface area contributed by atoms with Gasteiger partial charge in [-0.15, -0.1) is 11.3 Å². The third-order valence-electron chi connectivity index (χ3n) is 4.61. The number of hydrogen-bond acceptors (Lipinski definition) is 6. The van der Waals surface area contributed by atoms with Crippen molar-refractivity contribution in [3.8, 4) is 11.1 Å². The minimum atomic E-state index is -0.636. The van der Waals surface area contributed by atoms with Crippen LogP contribution in [0.2, 0.25) is 0 Å². The maximum absolute atomic E-state index is 12.2. The maximum Gasteiger partial charge on any atom is 0.358 e. The Balaban J connectivity index is 1.24. The van der Waals surface area contributed by atoms with Crippen molar-refractivity contribution in [3.05, 3.63) is 102 Å². The molecule has 0 aliphatic heterocycles. The summed E-state index contributed by atoms with van der Waals surface area (Å²) < 4.78 is 5.10. The van der Waals surface area contributed by atoms with Gasteiger partial charge in [-0.25, -0.2) is 9.78 Å². The maximum atomic E-state index is 12.2. The zero-order valence-corrected chi connectivity index (χ0v) is 18.0. The van der Waals surface area contributed by atoms with Gasteiger partial charge in [-0.05, 0) is 28.8 Å². The largest absolute Gasteiger partial charge is 0.451 e. The second-order valence-corrected chi connectivity index (χ2v) is 7.80. The zero-order chi connectivity index (χ0) is 22.2. The van der Waals surface area contributed by atoms with Crippen LogP contribution >= 0.6 is 11.3 Å². The number of esters is 1. The second-order valence-electron chi connectivity index (χ2n) is 6.94. The highest BCUT2D eigenvalue weighted by atomic mass is 32.1. The molecule has 4 rings (SSSR count). The first-order valence-corrected chi connectivity index (χ1v) is 10.9. The Morgan fingerprint density at radius 2 is 1.50 bits per heavy atom. The minimum Gasteiger partial charge on any atom is -0.451 e. The molecule has 1 aromatic heterocycles. The lowest BCUT2D eigenvalue weighted by Crippen LogP contribution is -2.21. The van der Waals surface area contributed by atoms with Gasteiger partial charge in [0, 0.05) is 17.6 Å². The Labute approximate surface area is 189 Å². The predicted molar refractivity (Wildman–Crippen MR) is 127 cm³/mol. The van der Waals surface area contributed by atoms with E-state index in [9.17, 15) is 9.59 Å². The van der Waals surface area contributed by atoms with E-state index in [-0.39, 0.29) is 12.3 Å². The Morgan fingerprint density at radius 1 is 0.844 bits per heavy atom. The van der Waals surface area contributed by atoms with Crippen molar-refractivity contribution >= 4 is 34.0 Å². The van der Waals surface area contributed by atoms with Crippen LogP contribution in [0.1, 0.15) is 16.1 Å². The van der Waals surface area contributed by atoms with Gasteiger partial charge in [0.2, 0.25) is 0 Å². The van der Waals surface area contributed by atoms with Gasteiger partial charge in [0.1, 0.15) is 0 Å². The lowest BCUT2D eigenvalue weighted by atomic mass is 10.1. The summed E-state index contributed by atoms with van der Waals surface area (Å²) in [6.45, 7) is 0.220. The van der Waals surface area contributed by atoms with Crippen molar-refractivity contribution in [2.75, 3.05) is 17.2 Å². The van der Waals surface area contributed by atoms with Crippen molar-refractivity contribution in [1.29, 1.82) is 0 Å². The molecule has 3 aromatic carbocycles. The Kier molecular flexibility index (Phi) is 6.89. The number of benzene rings is 3. The highest BCUT2D eigenvalue weighted by molar-refractivity contribution is 7.13. The monoisotopic (exact) mass is 443 g/mol. The molecule has 6 nitrogen and oxygen atoms in total. The summed E-state index contributed by atoms with van der Waals surface area (Å²) in [4.78, 5) is 28.6. The van der Waals surface area contributed by atoms with Gasteiger partial charge in [-0.3, -0.25) is 4.79 Å². The molecule has 1 heterocycles. The summed E-state index contributed by atoms with van der Waals surface area (Å²) in [6, 6.07) is 27.3. The first-order chi connectivity index (χ1) is 15.7. The molecule has 0 saturated heterocycles. The molecule has 0 aliphatic carbocycles. The van der Waals surface area contributed by atoms with E-state index in [1.165, 1.54) is 11.3 Å². The number of rotatable bonds is 8. The normalized spacial score (nSPS) is 10.4. The van der Waals surface area contributed by atoms with Crippen molar-refractivity contribution in [2.24, 2.45) is 0 Å². The summed E-state index contributed by atoms with van der Waals surface area (Å²) in [5.74, 6) is -1.05. The van der Waals surface area contributed by atoms with E-state index in [1.54, 1.807) is 5.38 Å². The van der Waals surface area contributed by atoms with Crippen LogP contribution in [0.5, 0.6) is 0 Å². The molecule has 0 atom stereocenters. The number of nitrogens with zero attached hydrogens (tertiary/aromatic N) is 1. The first kappa shape index (κ1) is 21.3. The number of carbonyl (C=O) groups excluding carboxylic acids is 2. The third kappa shape index (κ3) is 5.80. The van der Waals surface area contributed by atoms with Gasteiger partial charge in [-0.1, -0.05) is 72.8 Å². The van der Waals surface area contributed by atoms with Gasteiger partial charge in [-0.2, -0.15) is 0 Å². The van der Waals surface area contributed by atoms with E-state index in [4.69, 9.17) is 4.74 Å². The standard InChI is InChI=1S/C25H21N3O3S/c29-23(27-21-13-11-20(12-14-21)19-9-5-2-6-10-19)16-31-24(30)22-17-32-25(28-22)26-15-18-7-3-1-4-8-18/h1-14,17H,15-16H2,(H,26,28)(H,27,29). The Morgan fingerprint density at radius 3 is 2.22 bits per heavy atom. The van der Waals surface area contributed by atoms with Crippen molar-refractivity contribution in [1.82, 2.24) is 4.98 Å². The van der Waals surface area contributed by atoms with Crippen LogP contribution < -0.4 is 10.6 Å². The molecule has 0 saturated carbocycles. The number of ether oxygens (including phenoxy) is 1. The molecular formula is C25H21N3O3S. The van der Waals surface area contributed by atoms with Crippen LogP contribution in [0.25, 0.3) is 11.1 Å². The van der Waals surface area contributed by atoms with Gasteiger partial charge < -0.3 is 15.4 Å². The van der Waals surface area contributed by atoms with Crippen molar-refractivity contribution < 1.29 is 14.3 Å². The van der Waals surface area contributed by atoms with Gasteiger partial charge in [0.05, 0.1) is 0 Å². The third-order valence-corrected chi connectivity index (χ3v) is 5.41. The molecule has 0 unspecified atom stereocenters. The highest BCUT2D eigenvalue weighted by Gasteiger charge is 2.14. The molecule has 0 fully saturated rings. The lowest BCUT2D eigenvalue weighted by Gasteiger charge is -2.07. The molecule has 0 bridgehead atoms. The number of nitrogens with one attached hydrogen (secondary N) is 2. The van der Waals surface area contributed by atoms with Crippen LogP contribution in [0.3, 0.4) is 0 Å². The van der Waals surface area contributed by atoms with Crippen LogP contribution in [0.15, 0.2) is 90.3 Å². The highest BCUT2D eigenvalue weighted by Crippen LogP contribution is 2.21. The number of carbonyl (C=O) groups is 2. The van der Waals surface area contributed by atoms with Crippen molar-refractivity contribution in [3.63, 3.8) is 0 Å². The lowest BCUT2D eigenvalue weighted by molar-refractivity contribution is -0.119. The number of amides is 1. The van der Waals surface area contributed by atoms with Crippen LogP contribution in [-0.2, 0) is 16.1 Å². The zero-order valence-electron chi connectivity index (χ0n) is 17.2. The SMILES string of the molecule is O=C(COC(=O)c1csc(NCc2ccccc2)n1)Nc1ccc(-c2ccccc2)cc1. The van der Waals surface area contributed by atoms with Crippen LogP contribution in [-0.4, -0.2) is 23.5 Å². The first-order valence-electron chi connectivity index (χ1n) is 10.0. The second kappa shape index (κ2) is 10.4. The average molecular weight is 444 g/mol. The number of thiazole rings is 1. The van der Waals surface area contributed by atoms with E-state index >= 15 is 0 Å². The summed E-state index contributed by atoms with van der Waals surface area (Å²) in [7, 11) is 0. The van der Waals surface area contributed by atoms with E-state index in [1.807, 2.05) is 84.9 Å². The van der Waals surface area contributed by atoms with E-state index in [0.29, 0.717) is 17.4 Å². The predicted octanol–water partition coefficient (Wildman–Crippen LogP) is 5.22. The summed E-state index contributed by atoms with van der Waals surface area (Å²) in [5.41, 5.74) is 4.06. The molecule has 160 valence electrons. The number of anilines is 2. The summed E-state index contributed by atoms with van der Waals surface area (Å²) in [6.07, 6.45) is 0. The number of aromatic nitrogens is 1. The molecule has 4 aromatic rings. The molecule has 0 aliphatic rings. The fraction of sp³-hybridized carbons (Fsp3) is 0.0800.